The molecule has 1 aromatic rings. The summed E-state index contributed by atoms with van der Waals surface area (Å²) in [4.78, 5) is 15.1. The number of thiol groups is 1. The van der Waals surface area contributed by atoms with Gasteiger partial charge in [0.25, 0.3) is 0 Å². The Morgan fingerprint density at radius 2 is 2.31 bits per heavy atom. The van der Waals surface area contributed by atoms with Crippen molar-refractivity contribution in [1.29, 1.82) is 0 Å². The third kappa shape index (κ3) is 2.55. The van der Waals surface area contributed by atoms with E-state index < -0.39 is 18.2 Å². The van der Waals surface area contributed by atoms with Gasteiger partial charge in [0.15, 0.2) is 0 Å². The molecule has 1 aromatic heterocycles. The maximum absolute atomic E-state index is 11.2. The summed E-state index contributed by atoms with van der Waals surface area (Å²) >= 11 is 3.86. The van der Waals surface area contributed by atoms with Crippen LogP contribution in [-0.4, -0.2) is 44.7 Å². The fourth-order valence-corrected chi connectivity index (χ4v) is 1.41. The summed E-state index contributed by atoms with van der Waals surface area (Å²) in [7, 11) is 2.85. The molecule has 0 bridgehead atoms. The zero-order valence-electron chi connectivity index (χ0n) is 8.99. The van der Waals surface area contributed by atoms with Gasteiger partial charge in [0, 0.05) is 19.0 Å². The number of aromatic nitrogens is 2. The molecule has 0 radical (unpaired) electrons. The number of aryl methyl sites for hydroxylation is 1. The van der Waals surface area contributed by atoms with E-state index in [4.69, 9.17) is 0 Å². The Kier molecular flexibility index (Phi) is 4.34. The van der Waals surface area contributed by atoms with Gasteiger partial charge in [-0.25, -0.2) is 9.78 Å². The molecule has 0 saturated carbocycles. The van der Waals surface area contributed by atoms with E-state index in [1.54, 1.807) is 7.05 Å². The highest BCUT2D eigenvalue weighted by atomic mass is 32.1. The average molecular weight is 246 g/mol. The molecule has 0 spiro atoms. The Bertz CT molecular complexity index is 380. The van der Waals surface area contributed by atoms with Crippen molar-refractivity contribution in [2.45, 2.75) is 12.2 Å². The van der Waals surface area contributed by atoms with Crippen LogP contribution in [0.15, 0.2) is 6.20 Å². The third-order valence-electron chi connectivity index (χ3n) is 2.12. The van der Waals surface area contributed by atoms with Crippen LogP contribution in [0.3, 0.4) is 0 Å². The largest absolute Gasteiger partial charge is 0.463 e. The molecular weight excluding hydrogens is 232 g/mol. The smallest absolute Gasteiger partial charge is 0.374 e. The fraction of sp³-hybridized carbons (Fsp3) is 0.556. The standard InChI is InChI=1S/C9H14N2O4S/c1-11-3-5(7(13)6(12)4-16)10-8(11)9(14)15-2/h3,6-7,12-13,16H,4H2,1-2H3. The molecule has 0 amide bonds. The van der Waals surface area contributed by atoms with Gasteiger partial charge in [0.1, 0.15) is 6.10 Å². The number of hydrogen-bond donors (Lipinski definition) is 3. The minimum Gasteiger partial charge on any atom is -0.463 e. The summed E-state index contributed by atoms with van der Waals surface area (Å²) in [6.07, 6.45) is -0.727. The lowest BCUT2D eigenvalue weighted by atomic mass is 10.2. The highest BCUT2D eigenvalue weighted by Gasteiger charge is 2.23. The first-order valence-electron chi connectivity index (χ1n) is 4.59. The number of esters is 1. The van der Waals surface area contributed by atoms with Gasteiger partial charge in [0.05, 0.1) is 18.9 Å². The fourth-order valence-electron chi connectivity index (χ4n) is 1.21. The number of methoxy groups -OCH3 is 1. The van der Waals surface area contributed by atoms with Crippen molar-refractivity contribution < 1.29 is 19.7 Å². The highest BCUT2D eigenvalue weighted by Crippen LogP contribution is 2.17. The number of aliphatic hydroxyl groups excluding tert-OH is 2. The monoisotopic (exact) mass is 246 g/mol. The number of rotatable bonds is 4. The summed E-state index contributed by atoms with van der Waals surface area (Å²) in [6.45, 7) is 0. The quantitative estimate of drug-likeness (QED) is 0.494. The van der Waals surface area contributed by atoms with Crippen LogP contribution < -0.4 is 0 Å². The van der Waals surface area contributed by atoms with E-state index in [2.05, 4.69) is 22.3 Å². The Hall–Kier alpha value is -1.05. The van der Waals surface area contributed by atoms with Crippen molar-refractivity contribution in [3.8, 4) is 0 Å². The first kappa shape index (κ1) is 13.0. The molecule has 2 atom stereocenters. The third-order valence-corrected chi connectivity index (χ3v) is 2.49. The van der Waals surface area contributed by atoms with Gasteiger partial charge in [-0.3, -0.25) is 0 Å². The van der Waals surface area contributed by atoms with Gasteiger partial charge in [0.2, 0.25) is 5.82 Å². The van der Waals surface area contributed by atoms with Crippen LogP contribution in [0.5, 0.6) is 0 Å². The van der Waals surface area contributed by atoms with Crippen molar-refractivity contribution in [2.24, 2.45) is 7.05 Å². The van der Waals surface area contributed by atoms with Crippen molar-refractivity contribution >= 4 is 18.6 Å². The van der Waals surface area contributed by atoms with Crippen molar-refractivity contribution in [1.82, 2.24) is 9.55 Å². The molecule has 16 heavy (non-hydrogen) atoms. The van der Waals surface area contributed by atoms with Crippen molar-refractivity contribution in [3.63, 3.8) is 0 Å². The molecular formula is C9H14N2O4S. The Morgan fingerprint density at radius 1 is 1.69 bits per heavy atom. The van der Waals surface area contributed by atoms with E-state index in [0.29, 0.717) is 0 Å². The van der Waals surface area contributed by atoms with E-state index in [1.807, 2.05) is 0 Å². The molecule has 90 valence electrons. The predicted molar refractivity (Wildman–Crippen MR) is 59.4 cm³/mol. The molecule has 1 heterocycles. The normalized spacial score (nSPS) is 14.6. The van der Waals surface area contributed by atoms with Gasteiger partial charge in [-0.15, -0.1) is 0 Å². The topological polar surface area (TPSA) is 84.6 Å². The molecule has 7 heteroatoms. The highest BCUT2D eigenvalue weighted by molar-refractivity contribution is 7.80. The Balaban J connectivity index is 2.96. The molecule has 0 aliphatic carbocycles. The van der Waals surface area contributed by atoms with Crippen LogP contribution >= 0.6 is 12.6 Å². The van der Waals surface area contributed by atoms with E-state index in [0.717, 1.165) is 0 Å². The second-order valence-electron chi connectivity index (χ2n) is 3.29. The van der Waals surface area contributed by atoms with E-state index in [1.165, 1.54) is 17.9 Å². The number of imidazole rings is 1. The molecule has 6 nitrogen and oxygen atoms in total. The average Bonchev–Trinajstić information content (AvgIpc) is 2.68. The van der Waals surface area contributed by atoms with Gasteiger partial charge in [-0.2, -0.15) is 12.6 Å². The molecule has 0 aromatic carbocycles. The van der Waals surface area contributed by atoms with Crippen LogP contribution in [0.2, 0.25) is 0 Å². The number of ether oxygens (including phenoxy) is 1. The number of carbonyl (C=O) groups excluding carboxylic acids is 1. The van der Waals surface area contributed by atoms with Gasteiger partial charge in [-0.1, -0.05) is 0 Å². The first-order valence-corrected chi connectivity index (χ1v) is 5.23. The van der Waals surface area contributed by atoms with Crippen LogP contribution in [-0.2, 0) is 11.8 Å². The zero-order chi connectivity index (χ0) is 12.3. The van der Waals surface area contributed by atoms with Crippen LogP contribution in [0, 0.1) is 0 Å². The number of hydrogen-bond acceptors (Lipinski definition) is 6. The minimum atomic E-state index is -1.16. The summed E-state index contributed by atoms with van der Waals surface area (Å²) in [5.74, 6) is -0.421. The first-order chi connectivity index (χ1) is 7.51. The molecule has 0 aliphatic rings. The Labute approximate surface area is 98.3 Å². The van der Waals surface area contributed by atoms with E-state index in [-0.39, 0.29) is 17.3 Å². The van der Waals surface area contributed by atoms with Gasteiger partial charge < -0.3 is 19.5 Å². The van der Waals surface area contributed by atoms with Gasteiger partial charge >= 0.3 is 5.97 Å². The molecule has 2 N–H and O–H groups in total. The van der Waals surface area contributed by atoms with Crippen molar-refractivity contribution in [2.75, 3.05) is 12.9 Å². The lowest BCUT2D eigenvalue weighted by molar-refractivity contribution is 0.0310. The molecule has 0 aliphatic heterocycles. The second-order valence-corrected chi connectivity index (χ2v) is 3.65. The molecule has 2 unspecified atom stereocenters. The number of nitrogens with zero attached hydrogens (tertiary/aromatic N) is 2. The predicted octanol–water partition coefficient (Wildman–Crippen LogP) is -0.469. The van der Waals surface area contributed by atoms with E-state index >= 15 is 0 Å². The lowest BCUT2D eigenvalue weighted by Gasteiger charge is -2.12. The number of aliphatic hydroxyl groups is 2. The van der Waals surface area contributed by atoms with Crippen molar-refractivity contribution in [3.05, 3.63) is 17.7 Å². The summed E-state index contributed by atoms with van der Waals surface area (Å²) in [5.41, 5.74) is 0.212. The maximum Gasteiger partial charge on any atom is 0.374 e. The maximum atomic E-state index is 11.2. The Morgan fingerprint density at radius 3 is 2.81 bits per heavy atom. The summed E-state index contributed by atoms with van der Waals surface area (Å²) in [6, 6.07) is 0. The second kappa shape index (κ2) is 5.33. The van der Waals surface area contributed by atoms with E-state index in [9.17, 15) is 15.0 Å². The van der Waals surface area contributed by atoms with Crippen LogP contribution in [0.25, 0.3) is 0 Å². The molecule has 0 saturated heterocycles. The SMILES string of the molecule is COC(=O)c1nc(C(O)C(O)CS)cn1C. The van der Waals surface area contributed by atoms with Crippen LogP contribution in [0.1, 0.15) is 22.4 Å². The summed E-state index contributed by atoms with van der Waals surface area (Å²) in [5, 5.41) is 19.0. The minimum absolute atomic E-state index is 0.0721. The van der Waals surface area contributed by atoms with Crippen LogP contribution in [0.4, 0.5) is 0 Å². The van der Waals surface area contributed by atoms with Gasteiger partial charge in [-0.05, 0) is 0 Å². The zero-order valence-corrected chi connectivity index (χ0v) is 9.89. The lowest BCUT2D eigenvalue weighted by Crippen LogP contribution is -2.20. The number of carbonyl (C=O) groups is 1. The molecule has 0 fully saturated rings. The molecule has 1 rings (SSSR count). The summed E-state index contributed by atoms with van der Waals surface area (Å²) < 4.78 is 5.94.